The van der Waals surface area contributed by atoms with E-state index in [2.05, 4.69) is 11.1 Å². The maximum absolute atomic E-state index is 12.5. The molecule has 0 spiro atoms. The first-order chi connectivity index (χ1) is 9.78. The molecule has 3 rings (SSSR count). The number of carbonyl (C=O) groups is 1. The second kappa shape index (κ2) is 5.73. The Morgan fingerprint density at radius 1 is 1.40 bits per heavy atom. The number of hydrogen-bond donors (Lipinski definition) is 1. The van der Waals surface area contributed by atoms with Crippen LogP contribution in [0.3, 0.4) is 0 Å². The average Bonchev–Trinajstić information content (AvgIpc) is 2.94. The molecule has 104 valence electrons. The molecule has 1 N–H and O–H groups in total. The Morgan fingerprint density at radius 2 is 2.25 bits per heavy atom. The lowest BCUT2D eigenvalue weighted by Crippen LogP contribution is -2.36. The number of para-hydroxylation sites is 1. The number of anilines is 1. The Labute approximate surface area is 121 Å². The van der Waals surface area contributed by atoms with Gasteiger partial charge in [-0.05, 0) is 24.5 Å². The molecule has 0 atom stereocenters. The SMILES string of the molecule is O=C(Cc1nc(CO)cs1)N1CCCc2ccccc21. The van der Waals surface area contributed by atoms with E-state index in [0.717, 1.165) is 30.1 Å². The quantitative estimate of drug-likeness (QED) is 0.941. The maximum Gasteiger partial charge on any atom is 0.233 e. The topological polar surface area (TPSA) is 53.4 Å². The number of nitrogens with zero attached hydrogens (tertiary/aromatic N) is 2. The minimum atomic E-state index is -0.0722. The minimum absolute atomic E-state index is 0.0722. The lowest BCUT2D eigenvalue weighted by Gasteiger charge is -2.29. The Kier molecular flexibility index (Phi) is 3.80. The van der Waals surface area contributed by atoms with Crippen LogP contribution in [0.4, 0.5) is 5.69 Å². The first-order valence-electron chi connectivity index (χ1n) is 6.70. The van der Waals surface area contributed by atoms with E-state index in [9.17, 15) is 4.79 Å². The van der Waals surface area contributed by atoms with E-state index in [-0.39, 0.29) is 12.5 Å². The second-order valence-corrected chi connectivity index (χ2v) is 5.79. The fraction of sp³-hybridized carbons (Fsp3) is 0.333. The predicted molar refractivity (Wildman–Crippen MR) is 78.9 cm³/mol. The number of amides is 1. The monoisotopic (exact) mass is 288 g/mol. The van der Waals surface area contributed by atoms with Gasteiger partial charge in [-0.15, -0.1) is 11.3 Å². The number of aliphatic hydroxyl groups is 1. The van der Waals surface area contributed by atoms with Crippen LogP contribution in [-0.4, -0.2) is 22.5 Å². The van der Waals surface area contributed by atoms with E-state index < -0.39 is 0 Å². The molecule has 20 heavy (non-hydrogen) atoms. The van der Waals surface area contributed by atoms with Gasteiger partial charge in [0.1, 0.15) is 5.01 Å². The van der Waals surface area contributed by atoms with Crippen LogP contribution in [0, 0.1) is 0 Å². The summed E-state index contributed by atoms with van der Waals surface area (Å²) in [5, 5.41) is 11.6. The summed E-state index contributed by atoms with van der Waals surface area (Å²) in [5.41, 5.74) is 2.90. The number of aliphatic hydroxyl groups excluding tert-OH is 1. The van der Waals surface area contributed by atoms with Crippen LogP contribution in [0.5, 0.6) is 0 Å². The average molecular weight is 288 g/mol. The molecular formula is C15H16N2O2S. The van der Waals surface area contributed by atoms with Gasteiger partial charge in [-0.3, -0.25) is 4.79 Å². The summed E-state index contributed by atoms with van der Waals surface area (Å²) in [6.45, 7) is 0.700. The molecule has 0 saturated carbocycles. The minimum Gasteiger partial charge on any atom is -0.390 e. The van der Waals surface area contributed by atoms with Crippen LogP contribution < -0.4 is 4.90 Å². The highest BCUT2D eigenvalue weighted by molar-refractivity contribution is 7.09. The molecule has 2 heterocycles. The van der Waals surface area contributed by atoms with Crippen molar-refractivity contribution in [2.24, 2.45) is 0 Å². The van der Waals surface area contributed by atoms with E-state index in [0.29, 0.717) is 12.1 Å². The zero-order chi connectivity index (χ0) is 13.9. The summed E-state index contributed by atoms with van der Waals surface area (Å²) in [6, 6.07) is 8.08. The number of carbonyl (C=O) groups excluding carboxylic acids is 1. The summed E-state index contributed by atoms with van der Waals surface area (Å²) in [5.74, 6) is 0.0796. The fourth-order valence-corrected chi connectivity index (χ4v) is 3.30. The second-order valence-electron chi connectivity index (χ2n) is 4.85. The fourth-order valence-electron chi connectivity index (χ4n) is 2.52. The van der Waals surface area contributed by atoms with Gasteiger partial charge in [-0.25, -0.2) is 4.98 Å². The number of rotatable bonds is 3. The molecule has 0 fully saturated rings. The van der Waals surface area contributed by atoms with Crippen LogP contribution in [0.25, 0.3) is 0 Å². The van der Waals surface area contributed by atoms with Gasteiger partial charge in [-0.1, -0.05) is 18.2 Å². The molecule has 1 aromatic carbocycles. The van der Waals surface area contributed by atoms with Gasteiger partial charge in [-0.2, -0.15) is 0 Å². The Bertz CT molecular complexity index is 624. The first-order valence-corrected chi connectivity index (χ1v) is 7.58. The molecule has 1 aliphatic heterocycles. The van der Waals surface area contributed by atoms with Crippen LogP contribution >= 0.6 is 11.3 Å². The van der Waals surface area contributed by atoms with Crippen LogP contribution in [-0.2, 0) is 24.2 Å². The number of thiazole rings is 1. The van der Waals surface area contributed by atoms with Crippen molar-refractivity contribution < 1.29 is 9.90 Å². The number of benzene rings is 1. The standard InChI is InChI=1S/C15H16N2O2S/c18-9-12-10-20-14(16-12)8-15(19)17-7-3-5-11-4-1-2-6-13(11)17/h1-2,4,6,10,18H,3,5,7-9H2. The van der Waals surface area contributed by atoms with E-state index in [1.807, 2.05) is 23.1 Å². The summed E-state index contributed by atoms with van der Waals surface area (Å²) < 4.78 is 0. The van der Waals surface area contributed by atoms with Crippen molar-refractivity contribution in [1.82, 2.24) is 4.98 Å². The zero-order valence-corrected chi connectivity index (χ0v) is 11.9. The largest absolute Gasteiger partial charge is 0.390 e. The van der Waals surface area contributed by atoms with Gasteiger partial charge in [0.15, 0.2) is 0 Å². The third kappa shape index (κ3) is 2.59. The molecular weight excluding hydrogens is 272 g/mol. The third-order valence-corrected chi connectivity index (χ3v) is 4.37. The lowest BCUT2D eigenvalue weighted by molar-refractivity contribution is -0.118. The third-order valence-electron chi connectivity index (χ3n) is 3.48. The van der Waals surface area contributed by atoms with Crippen molar-refractivity contribution >= 4 is 22.9 Å². The van der Waals surface area contributed by atoms with E-state index in [1.165, 1.54) is 16.9 Å². The molecule has 2 aromatic rings. The highest BCUT2D eigenvalue weighted by Crippen LogP contribution is 2.27. The molecule has 0 unspecified atom stereocenters. The van der Waals surface area contributed by atoms with Crippen molar-refractivity contribution in [3.63, 3.8) is 0 Å². The normalized spacial score (nSPS) is 14.2. The smallest absolute Gasteiger partial charge is 0.233 e. The van der Waals surface area contributed by atoms with Gasteiger partial charge >= 0.3 is 0 Å². The summed E-state index contributed by atoms with van der Waals surface area (Å²) in [6.07, 6.45) is 2.34. The van der Waals surface area contributed by atoms with Crippen molar-refractivity contribution in [1.29, 1.82) is 0 Å². The number of aromatic nitrogens is 1. The van der Waals surface area contributed by atoms with Gasteiger partial charge < -0.3 is 10.0 Å². The predicted octanol–water partition coefficient (Wildman–Crippen LogP) is 2.16. The zero-order valence-electron chi connectivity index (χ0n) is 11.1. The lowest BCUT2D eigenvalue weighted by atomic mass is 10.0. The Hall–Kier alpha value is -1.72. The van der Waals surface area contributed by atoms with Crippen molar-refractivity contribution in [2.45, 2.75) is 25.9 Å². The van der Waals surface area contributed by atoms with E-state index >= 15 is 0 Å². The van der Waals surface area contributed by atoms with Crippen molar-refractivity contribution in [3.05, 3.63) is 45.9 Å². The van der Waals surface area contributed by atoms with E-state index in [4.69, 9.17) is 5.11 Å². The van der Waals surface area contributed by atoms with Gasteiger partial charge in [0.2, 0.25) is 5.91 Å². The Morgan fingerprint density at radius 3 is 3.05 bits per heavy atom. The number of aryl methyl sites for hydroxylation is 1. The highest BCUT2D eigenvalue weighted by atomic mass is 32.1. The molecule has 0 aliphatic carbocycles. The molecule has 1 amide bonds. The van der Waals surface area contributed by atoms with Crippen LogP contribution in [0.15, 0.2) is 29.6 Å². The summed E-state index contributed by atoms with van der Waals surface area (Å²) in [7, 11) is 0. The highest BCUT2D eigenvalue weighted by Gasteiger charge is 2.22. The van der Waals surface area contributed by atoms with Crippen LogP contribution in [0.2, 0.25) is 0 Å². The molecule has 0 saturated heterocycles. The Balaban J connectivity index is 1.78. The first kappa shape index (κ1) is 13.3. The van der Waals surface area contributed by atoms with Crippen LogP contribution in [0.1, 0.15) is 22.7 Å². The molecule has 1 aromatic heterocycles. The molecule has 1 aliphatic rings. The molecule has 0 radical (unpaired) electrons. The van der Waals surface area contributed by atoms with Gasteiger partial charge in [0, 0.05) is 17.6 Å². The van der Waals surface area contributed by atoms with Gasteiger partial charge in [0.05, 0.1) is 18.7 Å². The van der Waals surface area contributed by atoms with E-state index in [1.54, 1.807) is 5.38 Å². The molecule has 5 heteroatoms. The number of hydrogen-bond acceptors (Lipinski definition) is 4. The maximum atomic E-state index is 12.5. The molecule has 0 bridgehead atoms. The van der Waals surface area contributed by atoms with Gasteiger partial charge in [0.25, 0.3) is 0 Å². The van der Waals surface area contributed by atoms with Crippen molar-refractivity contribution in [2.75, 3.05) is 11.4 Å². The molecule has 4 nitrogen and oxygen atoms in total. The van der Waals surface area contributed by atoms with Crippen molar-refractivity contribution in [3.8, 4) is 0 Å². The summed E-state index contributed by atoms with van der Waals surface area (Å²) >= 11 is 1.43. The number of fused-ring (bicyclic) bond motifs is 1. The summed E-state index contributed by atoms with van der Waals surface area (Å²) in [4.78, 5) is 18.6.